The average Bonchev–Trinajstić information content (AvgIpc) is 2.24. The van der Waals surface area contributed by atoms with Crippen molar-refractivity contribution in [2.24, 2.45) is 0 Å². The van der Waals surface area contributed by atoms with Crippen LogP contribution in [0, 0.1) is 0 Å². The normalized spacial score (nSPS) is 12.4. The second-order valence-corrected chi connectivity index (χ2v) is 6.71. The maximum atomic E-state index is 11.0. The van der Waals surface area contributed by atoms with Gasteiger partial charge in [-0.1, -0.05) is 41.5 Å². The Morgan fingerprint density at radius 3 is 1.56 bits per heavy atom. The Balaban J connectivity index is 3.66. The van der Waals surface area contributed by atoms with Crippen LogP contribution >= 0.6 is 0 Å². The monoisotopic (exact) mass is 247 g/mol. The molecule has 0 bridgehead atoms. The van der Waals surface area contributed by atoms with Crippen LogP contribution in [0.25, 0.3) is 0 Å². The minimum atomic E-state index is -0.0712. The van der Waals surface area contributed by atoms with Crippen LogP contribution in [0.5, 0.6) is 5.75 Å². The summed E-state index contributed by atoms with van der Waals surface area (Å²) < 4.78 is 5.60. The van der Waals surface area contributed by atoms with Crippen LogP contribution in [0.2, 0.25) is 0 Å². The van der Waals surface area contributed by atoms with Crippen LogP contribution < -0.4 is 4.74 Å². The molecule has 0 saturated heterocycles. The molecule has 1 aromatic rings. The van der Waals surface area contributed by atoms with E-state index >= 15 is 0 Å². The van der Waals surface area contributed by atoms with Crippen molar-refractivity contribution in [1.82, 2.24) is 0 Å². The van der Waals surface area contributed by atoms with Gasteiger partial charge in [-0.2, -0.15) is 0 Å². The van der Waals surface area contributed by atoms with E-state index in [0.717, 1.165) is 16.9 Å². The molecule has 2 nitrogen and oxygen atoms in total. The van der Waals surface area contributed by atoms with Crippen molar-refractivity contribution in [3.8, 4) is 5.75 Å². The third kappa shape index (κ3) is 2.92. The van der Waals surface area contributed by atoms with Gasteiger partial charge >= 0.3 is 0 Å². The minimum absolute atomic E-state index is 0.0712. The predicted octanol–water partition coefficient (Wildman–Crippen LogP) is 3.75. The van der Waals surface area contributed by atoms with Crippen molar-refractivity contribution in [3.05, 3.63) is 28.8 Å². The molecule has 0 N–H and O–H groups in total. The molecule has 1 rings (SSSR count). The molecule has 0 aliphatic rings. The lowest BCUT2D eigenvalue weighted by Gasteiger charge is -2.29. The summed E-state index contributed by atoms with van der Waals surface area (Å²) in [5.41, 5.74) is 2.55. The number of hydrogen-bond donors (Lipinski definition) is 0. The highest BCUT2D eigenvalue weighted by atomic mass is 16.5. The van der Waals surface area contributed by atoms with Crippen molar-refractivity contribution < 1.29 is 9.53 Å². The molecule has 0 aliphatic heterocycles. The quantitative estimate of drug-likeness (QED) is 0.795. The van der Waals surface area contributed by atoms with Gasteiger partial charge in [-0.05, 0) is 23.0 Å². The zero-order chi connectivity index (χ0) is 14.1. The molecule has 0 atom stereocenters. The molecule has 99 valence electrons. The molecule has 0 heterocycles. The smallest absolute Gasteiger partial charge is 0.233 e. The van der Waals surface area contributed by atoms with Gasteiger partial charge in [0.1, 0.15) is 5.75 Å². The lowest BCUT2D eigenvalue weighted by atomic mass is 9.78. The van der Waals surface area contributed by atoms with Crippen LogP contribution in [-0.4, -0.2) is 13.4 Å². The predicted molar refractivity (Wildman–Crippen MR) is 75.2 cm³/mol. The van der Waals surface area contributed by atoms with Crippen molar-refractivity contribution in [3.63, 3.8) is 0 Å². The van der Waals surface area contributed by atoms with E-state index < -0.39 is 0 Å². The number of carbonyl (C=O) groups excluding carboxylic acids is 1. The van der Waals surface area contributed by atoms with Gasteiger partial charge in [-0.3, -0.25) is 4.79 Å². The largest absolute Gasteiger partial charge is 0.496 e. The number of rotatable bonds is 2. The van der Waals surface area contributed by atoms with E-state index in [0.29, 0.717) is 5.56 Å². The first-order valence-corrected chi connectivity index (χ1v) is 6.22. The van der Waals surface area contributed by atoms with Crippen molar-refractivity contribution in [2.45, 2.75) is 52.4 Å². The molecule has 1 radical (unpaired) electrons. The van der Waals surface area contributed by atoms with Crippen LogP contribution in [0.1, 0.15) is 58.2 Å². The Hall–Kier alpha value is -1.31. The Labute approximate surface area is 110 Å². The number of hydrogen-bond acceptors (Lipinski definition) is 2. The SMILES string of the molecule is COc1c(C(C)(C)C)cc([C]=O)cc1C(C)(C)C. The second-order valence-electron chi connectivity index (χ2n) is 6.71. The first-order valence-electron chi connectivity index (χ1n) is 6.22. The van der Waals surface area contributed by atoms with E-state index in [9.17, 15) is 4.79 Å². The first-order chi connectivity index (χ1) is 8.11. The average molecular weight is 247 g/mol. The Morgan fingerprint density at radius 1 is 0.944 bits per heavy atom. The summed E-state index contributed by atoms with van der Waals surface area (Å²) in [5, 5.41) is 0. The number of ether oxygens (including phenoxy) is 1. The van der Waals surface area contributed by atoms with E-state index in [2.05, 4.69) is 41.5 Å². The Kier molecular flexibility index (Phi) is 3.89. The highest BCUT2D eigenvalue weighted by Crippen LogP contribution is 2.40. The van der Waals surface area contributed by atoms with Gasteiger partial charge in [0.25, 0.3) is 0 Å². The molecular weight excluding hydrogens is 224 g/mol. The molecule has 1 aromatic carbocycles. The first kappa shape index (κ1) is 14.7. The molecule has 0 saturated carbocycles. The summed E-state index contributed by atoms with van der Waals surface area (Å²) >= 11 is 0. The summed E-state index contributed by atoms with van der Waals surface area (Å²) in [6.07, 6.45) is 2.00. The topological polar surface area (TPSA) is 26.3 Å². The Morgan fingerprint density at radius 2 is 1.33 bits per heavy atom. The standard InChI is InChI=1S/C16H23O2/c1-15(2,3)12-8-11(10-17)9-13(14(12)18-7)16(4,5)6/h8-9H,1-7H3. The third-order valence-corrected chi connectivity index (χ3v) is 3.03. The van der Waals surface area contributed by atoms with Crippen LogP contribution in [0.4, 0.5) is 0 Å². The summed E-state index contributed by atoms with van der Waals surface area (Å²) in [6, 6.07) is 3.75. The van der Waals surface area contributed by atoms with E-state index in [4.69, 9.17) is 4.74 Å². The van der Waals surface area contributed by atoms with Gasteiger partial charge in [0, 0.05) is 16.7 Å². The molecule has 0 aliphatic carbocycles. The lowest BCUT2D eigenvalue weighted by molar-refractivity contribution is 0.381. The second kappa shape index (κ2) is 4.75. The Bertz CT molecular complexity index is 410. The maximum Gasteiger partial charge on any atom is 0.233 e. The van der Waals surface area contributed by atoms with Crippen molar-refractivity contribution >= 4 is 6.29 Å². The lowest BCUT2D eigenvalue weighted by Crippen LogP contribution is -2.19. The third-order valence-electron chi connectivity index (χ3n) is 3.03. The fraction of sp³-hybridized carbons (Fsp3) is 0.562. The van der Waals surface area contributed by atoms with Crippen LogP contribution in [0.15, 0.2) is 12.1 Å². The summed E-state index contributed by atoms with van der Waals surface area (Å²) in [4.78, 5) is 11.0. The highest BCUT2D eigenvalue weighted by molar-refractivity contribution is 5.77. The molecule has 0 amide bonds. The fourth-order valence-electron chi connectivity index (χ4n) is 2.02. The van der Waals surface area contributed by atoms with Crippen molar-refractivity contribution in [2.75, 3.05) is 7.11 Å². The molecule has 18 heavy (non-hydrogen) atoms. The minimum Gasteiger partial charge on any atom is -0.496 e. The zero-order valence-electron chi connectivity index (χ0n) is 12.5. The van der Waals surface area contributed by atoms with Gasteiger partial charge in [-0.25, -0.2) is 0 Å². The number of benzene rings is 1. The molecule has 0 aromatic heterocycles. The van der Waals surface area contributed by atoms with Gasteiger partial charge in [0.2, 0.25) is 6.29 Å². The van der Waals surface area contributed by atoms with Gasteiger partial charge in [-0.15, -0.1) is 0 Å². The molecule has 0 fully saturated rings. The highest BCUT2D eigenvalue weighted by Gasteiger charge is 2.27. The van der Waals surface area contributed by atoms with Gasteiger partial charge < -0.3 is 4.74 Å². The zero-order valence-corrected chi connectivity index (χ0v) is 12.5. The van der Waals surface area contributed by atoms with Crippen LogP contribution in [0.3, 0.4) is 0 Å². The summed E-state index contributed by atoms with van der Waals surface area (Å²) in [7, 11) is 1.68. The molecule has 2 heteroatoms. The van der Waals surface area contributed by atoms with Crippen molar-refractivity contribution in [1.29, 1.82) is 0 Å². The summed E-state index contributed by atoms with van der Waals surface area (Å²) in [5.74, 6) is 0.883. The van der Waals surface area contributed by atoms with E-state index in [1.165, 1.54) is 0 Å². The van der Waals surface area contributed by atoms with Gasteiger partial charge in [0.05, 0.1) is 7.11 Å². The van der Waals surface area contributed by atoms with Gasteiger partial charge in [0.15, 0.2) is 0 Å². The van der Waals surface area contributed by atoms with E-state index in [1.807, 2.05) is 18.4 Å². The summed E-state index contributed by atoms with van der Waals surface area (Å²) in [6.45, 7) is 12.7. The van der Waals surface area contributed by atoms with E-state index in [-0.39, 0.29) is 10.8 Å². The fourth-order valence-corrected chi connectivity index (χ4v) is 2.02. The number of methoxy groups -OCH3 is 1. The molecular formula is C16H23O2. The molecule has 0 unspecified atom stereocenters. The molecule has 0 spiro atoms. The maximum absolute atomic E-state index is 11.0. The van der Waals surface area contributed by atoms with Crippen LogP contribution in [-0.2, 0) is 15.6 Å². The van der Waals surface area contributed by atoms with E-state index in [1.54, 1.807) is 7.11 Å².